The average molecular weight is 279 g/mol. The lowest BCUT2D eigenvalue weighted by Crippen LogP contribution is -2.56. The largest absolute Gasteiger partial charge is 0.341 e. The highest BCUT2D eigenvalue weighted by Crippen LogP contribution is 2.37. The van der Waals surface area contributed by atoms with Gasteiger partial charge < -0.3 is 10.2 Å². The van der Waals surface area contributed by atoms with Gasteiger partial charge in [-0.15, -0.1) is 0 Å². The van der Waals surface area contributed by atoms with E-state index in [1.54, 1.807) is 0 Å². The van der Waals surface area contributed by atoms with Gasteiger partial charge >= 0.3 is 0 Å². The van der Waals surface area contributed by atoms with Gasteiger partial charge in [0.25, 0.3) is 0 Å². The molecule has 0 saturated carbocycles. The van der Waals surface area contributed by atoms with Crippen molar-refractivity contribution in [3.05, 3.63) is 0 Å². The molecule has 0 aromatic carbocycles. The summed E-state index contributed by atoms with van der Waals surface area (Å²) >= 11 is 0. The summed E-state index contributed by atoms with van der Waals surface area (Å²) in [6.45, 7) is 7.35. The van der Waals surface area contributed by atoms with E-state index in [1.807, 2.05) is 0 Å². The van der Waals surface area contributed by atoms with Crippen molar-refractivity contribution in [3.63, 3.8) is 0 Å². The van der Waals surface area contributed by atoms with Crippen LogP contribution in [0.25, 0.3) is 0 Å². The van der Waals surface area contributed by atoms with Crippen molar-refractivity contribution in [2.45, 2.75) is 76.5 Å². The van der Waals surface area contributed by atoms with Crippen molar-refractivity contribution in [1.29, 1.82) is 0 Å². The van der Waals surface area contributed by atoms with E-state index in [4.69, 9.17) is 0 Å². The van der Waals surface area contributed by atoms with E-state index >= 15 is 0 Å². The van der Waals surface area contributed by atoms with Gasteiger partial charge in [-0.2, -0.15) is 0 Å². The molecule has 3 aliphatic heterocycles. The van der Waals surface area contributed by atoms with E-state index in [9.17, 15) is 4.79 Å². The van der Waals surface area contributed by atoms with Crippen molar-refractivity contribution < 1.29 is 4.79 Å². The van der Waals surface area contributed by atoms with Crippen LogP contribution in [0.1, 0.15) is 52.4 Å². The molecule has 114 valence electrons. The van der Waals surface area contributed by atoms with Crippen molar-refractivity contribution in [2.24, 2.45) is 0 Å². The lowest BCUT2D eigenvalue weighted by atomic mass is 9.95. The first-order valence-electron chi connectivity index (χ1n) is 8.50. The van der Waals surface area contributed by atoms with Crippen molar-refractivity contribution in [1.82, 2.24) is 15.1 Å². The molecular formula is C16H29N3O. The molecule has 2 bridgehead atoms. The third-order valence-corrected chi connectivity index (χ3v) is 5.50. The third-order valence-electron chi connectivity index (χ3n) is 5.50. The fraction of sp³-hybridized carbons (Fsp3) is 0.938. The molecule has 0 aromatic heterocycles. The molecule has 0 aromatic rings. The molecule has 3 rings (SSSR count). The number of fused-ring (bicyclic) bond motifs is 2. The van der Waals surface area contributed by atoms with Gasteiger partial charge in [0.15, 0.2) is 0 Å². The van der Waals surface area contributed by atoms with Crippen LogP contribution in [0.15, 0.2) is 0 Å². The fourth-order valence-electron chi connectivity index (χ4n) is 4.63. The molecule has 3 atom stereocenters. The summed E-state index contributed by atoms with van der Waals surface area (Å²) in [5.41, 5.74) is 0. The third kappa shape index (κ3) is 2.60. The van der Waals surface area contributed by atoms with Gasteiger partial charge in [-0.1, -0.05) is 6.92 Å². The first kappa shape index (κ1) is 14.3. The van der Waals surface area contributed by atoms with E-state index in [-0.39, 0.29) is 6.04 Å². The lowest BCUT2D eigenvalue weighted by molar-refractivity contribution is -0.137. The number of amides is 1. The zero-order valence-electron chi connectivity index (χ0n) is 13.0. The van der Waals surface area contributed by atoms with Crippen LogP contribution in [0, 0.1) is 0 Å². The molecule has 4 nitrogen and oxygen atoms in total. The summed E-state index contributed by atoms with van der Waals surface area (Å²) in [4.78, 5) is 17.3. The summed E-state index contributed by atoms with van der Waals surface area (Å²) in [5.74, 6) is 0.376. The van der Waals surface area contributed by atoms with Crippen LogP contribution in [0.4, 0.5) is 0 Å². The number of carbonyl (C=O) groups excluding carboxylic acids is 1. The second kappa shape index (κ2) is 6.02. The van der Waals surface area contributed by atoms with Crippen LogP contribution in [0.2, 0.25) is 0 Å². The molecular weight excluding hydrogens is 250 g/mol. The zero-order valence-corrected chi connectivity index (χ0v) is 13.0. The standard InChI is InChI=1S/C16H29N3O/c1-3-17-13-10-14-6-7-15(11-13)19(14)12(2)16(20)18-8-4-5-9-18/h12-15,17H,3-11H2,1-2H3. The number of hydrogen-bond donors (Lipinski definition) is 1. The summed E-state index contributed by atoms with van der Waals surface area (Å²) in [6.07, 6.45) is 7.39. The van der Waals surface area contributed by atoms with Crippen LogP contribution in [0.3, 0.4) is 0 Å². The number of piperidine rings is 1. The molecule has 4 heteroatoms. The minimum absolute atomic E-state index is 0.0909. The maximum Gasteiger partial charge on any atom is 0.239 e. The monoisotopic (exact) mass is 279 g/mol. The number of hydrogen-bond acceptors (Lipinski definition) is 3. The van der Waals surface area contributed by atoms with E-state index < -0.39 is 0 Å². The highest BCUT2D eigenvalue weighted by molar-refractivity contribution is 5.81. The van der Waals surface area contributed by atoms with Gasteiger partial charge in [-0.05, 0) is 52.0 Å². The Morgan fingerprint density at radius 1 is 1.20 bits per heavy atom. The smallest absolute Gasteiger partial charge is 0.239 e. The van der Waals surface area contributed by atoms with Crippen molar-refractivity contribution >= 4 is 5.91 Å². The number of nitrogens with one attached hydrogen (secondary N) is 1. The fourth-order valence-corrected chi connectivity index (χ4v) is 4.63. The Morgan fingerprint density at radius 3 is 2.35 bits per heavy atom. The molecule has 3 fully saturated rings. The van der Waals surface area contributed by atoms with Gasteiger partial charge in [0.2, 0.25) is 5.91 Å². The van der Waals surface area contributed by atoms with Gasteiger partial charge in [-0.25, -0.2) is 0 Å². The summed E-state index contributed by atoms with van der Waals surface area (Å²) in [5, 5.41) is 3.61. The van der Waals surface area contributed by atoms with Crippen LogP contribution in [0.5, 0.6) is 0 Å². The van der Waals surface area contributed by atoms with Crippen LogP contribution >= 0.6 is 0 Å². The van der Waals surface area contributed by atoms with Crippen LogP contribution in [-0.4, -0.2) is 59.5 Å². The van der Waals surface area contributed by atoms with Crippen LogP contribution in [-0.2, 0) is 4.79 Å². The maximum atomic E-state index is 12.6. The summed E-state index contributed by atoms with van der Waals surface area (Å²) in [7, 11) is 0. The van der Waals surface area contributed by atoms with Gasteiger partial charge in [-0.3, -0.25) is 9.69 Å². The summed E-state index contributed by atoms with van der Waals surface area (Å²) in [6, 6.07) is 2.01. The Labute approximate surface area is 122 Å². The minimum Gasteiger partial charge on any atom is -0.341 e. The average Bonchev–Trinajstić information content (AvgIpc) is 3.05. The Morgan fingerprint density at radius 2 is 1.80 bits per heavy atom. The summed E-state index contributed by atoms with van der Waals surface area (Å²) < 4.78 is 0. The number of nitrogens with zero attached hydrogens (tertiary/aromatic N) is 2. The molecule has 1 N–H and O–H groups in total. The Balaban J connectivity index is 1.64. The predicted molar refractivity (Wildman–Crippen MR) is 80.6 cm³/mol. The molecule has 3 saturated heterocycles. The Bertz CT molecular complexity index is 340. The van der Waals surface area contributed by atoms with Crippen molar-refractivity contribution in [2.75, 3.05) is 19.6 Å². The first-order valence-corrected chi connectivity index (χ1v) is 8.50. The van der Waals surface area contributed by atoms with E-state index in [0.717, 1.165) is 19.6 Å². The first-order chi connectivity index (χ1) is 9.70. The Kier molecular flexibility index (Phi) is 4.32. The van der Waals surface area contributed by atoms with Gasteiger partial charge in [0.05, 0.1) is 6.04 Å². The van der Waals surface area contributed by atoms with E-state index in [1.165, 1.54) is 38.5 Å². The quantitative estimate of drug-likeness (QED) is 0.849. The number of likely N-dealkylation sites (tertiary alicyclic amines) is 1. The molecule has 0 radical (unpaired) electrons. The predicted octanol–water partition coefficient (Wildman–Crippen LogP) is 1.60. The second-order valence-corrected chi connectivity index (χ2v) is 6.77. The minimum atomic E-state index is 0.0909. The molecule has 3 aliphatic rings. The van der Waals surface area contributed by atoms with Gasteiger partial charge in [0.1, 0.15) is 0 Å². The maximum absolute atomic E-state index is 12.6. The highest BCUT2D eigenvalue weighted by atomic mass is 16.2. The topological polar surface area (TPSA) is 35.6 Å². The molecule has 0 aliphatic carbocycles. The lowest BCUT2D eigenvalue weighted by Gasteiger charge is -2.42. The normalized spacial score (nSPS) is 35.5. The number of rotatable bonds is 4. The van der Waals surface area contributed by atoms with E-state index in [2.05, 4.69) is 29.0 Å². The Hall–Kier alpha value is -0.610. The van der Waals surface area contributed by atoms with Gasteiger partial charge in [0, 0.05) is 31.2 Å². The SMILES string of the molecule is CCNC1CC2CCC(C1)N2C(C)C(=O)N1CCCC1. The molecule has 3 unspecified atom stereocenters. The molecule has 1 amide bonds. The second-order valence-electron chi connectivity index (χ2n) is 6.77. The van der Waals surface area contributed by atoms with Crippen LogP contribution < -0.4 is 5.32 Å². The zero-order chi connectivity index (χ0) is 14.1. The molecule has 20 heavy (non-hydrogen) atoms. The highest BCUT2D eigenvalue weighted by Gasteiger charge is 2.45. The van der Waals surface area contributed by atoms with Crippen molar-refractivity contribution in [3.8, 4) is 0 Å². The van der Waals surface area contributed by atoms with E-state index in [0.29, 0.717) is 24.0 Å². The number of carbonyl (C=O) groups is 1. The molecule has 0 spiro atoms. The molecule has 3 heterocycles.